The van der Waals surface area contributed by atoms with Gasteiger partial charge in [0.25, 0.3) is 0 Å². The maximum Gasteiger partial charge on any atom is 0.247 e. The molecule has 1 aromatic heterocycles. The van der Waals surface area contributed by atoms with E-state index in [1.54, 1.807) is 0 Å². The third-order valence-electron chi connectivity index (χ3n) is 3.96. The van der Waals surface area contributed by atoms with Crippen molar-refractivity contribution in [2.45, 2.75) is 44.8 Å². The zero-order valence-corrected chi connectivity index (χ0v) is 13.2. The number of hydrogen-bond donors (Lipinski definition) is 1. The fourth-order valence-corrected chi connectivity index (χ4v) is 2.69. The fraction of sp³-hybridized carbons (Fsp3) is 0.471. The van der Waals surface area contributed by atoms with E-state index in [1.165, 1.54) is 0 Å². The highest BCUT2D eigenvalue weighted by Crippen LogP contribution is 2.18. The molecule has 2 heterocycles. The molecule has 2 aromatic rings. The molecular formula is C17H21N3O3. The summed E-state index contributed by atoms with van der Waals surface area (Å²) in [6, 6.07) is 9.62. The Morgan fingerprint density at radius 2 is 2.17 bits per heavy atom. The van der Waals surface area contributed by atoms with Crippen LogP contribution in [0.15, 0.2) is 34.7 Å². The first-order valence-electron chi connectivity index (χ1n) is 8.01. The molecule has 1 saturated heterocycles. The molecule has 0 radical (unpaired) electrons. The third-order valence-corrected chi connectivity index (χ3v) is 3.96. The van der Waals surface area contributed by atoms with Crippen LogP contribution in [-0.2, 0) is 16.0 Å². The van der Waals surface area contributed by atoms with Crippen LogP contribution in [0.1, 0.15) is 32.1 Å². The van der Waals surface area contributed by atoms with E-state index in [2.05, 4.69) is 15.5 Å². The first-order valence-corrected chi connectivity index (χ1v) is 8.01. The van der Waals surface area contributed by atoms with Gasteiger partial charge in [0, 0.05) is 25.0 Å². The Bertz CT molecular complexity index is 636. The topological polar surface area (TPSA) is 77.3 Å². The number of ether oxygens (including phenoxy) is 1. The number of nitrogens with zero attached hydrogens (tertiary/aromatic N) is 2. The molecule has 2 unspecified atom stereocenters. The summed E-state index contributed by atoms with van der Waals surface area (Å²) >= 11 is 0. The predicted molar refractivity (Wildman–Crippen MR) is 84.6 cm³/mol. The Morgan fingerprint density at radius 1 is 1.35 bits per heavy atom. The maximum absolute atomic E-state index is 12.0. The average molecular weight is 315 g/mol. The number of aryl methyl sites for hydroxylation is 1. The Labute approximate surface area is 135 Å². The SMILES string of the molecule is CC(NC(=O)CCc1nnc(-c2ccccc2)o1)C1CCCO1. The highest BCUT2D eigenvalue weighted by Gasteiger charge is 2.23. The molecular weight excluding hydrogens is 294 g/mol. The van der Waals surface area contributed by atoms with Gasteiger partial charge in [-0.2, -0.15) is 0 Å². The van der Waals surface area contributed by atoms with E-state index < -0.39 is 0 Å². The lowest BCUT2D eigenvalue weighted by molar-refractivity contribution is -0.122. The van der Waals surface area contributed by atoms with Gasteiger partial charge in [0.15, 0.2) is 0 Å². The zero-order valence-electron chi connectivity index (χ0n) is 13.2. The Balaban J connectivity index is 1.48. The summed E-state index contributed by atoms with van der Waals surface area (Å²) in [5.41, 5.74) is 0.878. The second-order valence-electron chi connectivity index (χ2n) is 5.77. The van der Waals surface area contributed by atoms with Crippen LogP contribution in [0.3, 0.4) is 0 Å². The minimum absolute atomic E-state index is 0.0209. The Morgan fingerprint density at radius 3 is 2.91 bits per heavy atom. The van der Waals surface area contributed by atoms with Gasteiger partial charge in [-0.05, 0) is 31.9 Å². The predicted octanol–water partition coefficient (Wildman–Crippen LogP) is 2.35. The number of hydrogen-bond acceptors (Lipinski definition) is 5. The van der Waals surface area contributed by atoms with Gasteiger partial charge in [-0.3, -0.25) is 4.79 Å². The quantitative estimate of drug-likeness (QED) is 0.885. The number of carbonyl (C=O) groups is 1. The summed E-state index contributed by atoms with van der Waals surface area (Å²) in [4.78, 5) is 12.0. The van der Waals surface area contributed by atoms with Gasteiger partial charge in [0.2, 0.25) is 17.7 Å². The van der Waals surface area contributed by atoms with Crippen molar-refractivity contribution < 1.29 is 13.9 Å². The monoisotopic (exact) mass is 315 g/mol. The van der Waals surface area contributed by atoms with E-state index in [0.29, 0.717) is 24.6 Å². The van der Waals surface area contributed by atoms with Gasteiger partial charge in [-0.15, -0.1) is 10.2 Å². The van der Waals surface area contributed by atoms with Crippen LogP contribution in [-0.4, -0.2) is 34.9 Å². The summed E-state index contributed by atoms with van der Waals surface area (Å²) in [6.45, 7) is 2.77. The van der Waals surface area contributed by atoms with E-state index in [9.17, 15) is 4.79 Å². The lowest BCUT2D eigenvalue weighted by Crippen LogP contribution is -2.40. The average Bonchev–Trinajstić information content (AvgIpc) is 3.25. The second kappa shape index (κ2) is 7.37. The first-order chi connectivity index (χ1) is 11.2. The molecule has 1 fully saturated rings. The molecule has 2 atom stereocenters. The molecule has 1 aliphatic rings. The van der Waals surface area contributed by atoms with Crippen molar-refractivity contribution in [1.29, 1.82) is 0 Å². The van der Waals surface area contributed by atoms with E-state index in [-0.39, 0.29) is 18.1 Å². The van der Waals surface area contributed by atoms with E-state index in [0.717, 1.165) is 25.0 Å². The van der Waals surface area contributed by atoms with Crippen molar-refractivity contribution in [3.05, 3.63) is 36.2 Å². The van der Waals surface area contributed by atoms with Gasteiger partial charge in [-0.25, -0.2) is 0 Å². The molecule has 1 N–H and O–H groups in total. The molecule has 1 aliphatic heterocycles. The molecule has 1 aromatic carbocycles. The van der Waals surface area contributed by atoms with Crippen LogP contribution in [0, 0.1) is 0 Å². The number of aromatic nitrogens is 2. The summed E-state index contributed by atoms with van der Waals surface area (Å²) in [5.74, 6) is 0.935. The van der Waals surface area contributed by atoms with Crippen LogP contribution in [0.5, 0.6) is 0 Å². The van der Waals surface area contributed by atoms with Crippen molar-refractivity contribution in [2.24, 2.45) is 0 Å². The van der Waals surface area contributed by atoms with Crippen LogP contribution >= 0.6 is 0 Å². The van der Waals surface area contributed by atoms with E-state index in [4.69, 9.17) is 9.15 Å². The second-order valence-corrected chi connectivity index (χ2v) is 5.77. The van der Waals surface area contributed by atoms with Gasteiger partial charge in [0.1, 0.15) is 0 Å². The van der Waals surface area contributed by atoms with Crippen LogP contribution in [0.2, 0.25) is 0 Å². The lowest BCUT2D eigenvalue weighted by Gasteiger charge is -2.19. The maximum atomic E-state index is 12.0. The van der Waals surface area contributed by atoms with Gasteiger partial charge >= 0.3 is 0 Å². The first kappa shape index (κ1) is 15.7. The number of rotatable bonds is 6. The van der Waals surface area contributed by atoms with Crippen molar-refractivity contribution in [2.75, 3.05) is 6.61 Å². The molecule has 0 saturated carbocycles. The molecule has 6 nitrogen and oxygen atoms in total. The fourth-order valence-electron chi connectivity index (χ4n) is 2.69. The minimum atomic E-state index is -0.0209. The van der Waals surface area contributed by atoms with E-state index in [1.807, 2.05) is 37.3 Å². The highest BCUT2D eigenvalue weighted by atomic mass is 16.5. The Kier molecular flexibility index (Phi) is 5.02. The molecule has 0 spiro atoms. The number of carbonyl (C=O) groups excluding carboxylic acids is 1. The lowest BCUT2D eigenvalue weighted by atomic mass is 10.1. The number of benzene rings is 1. The standard InChI is InChI=1S/C17H21N3O3/c1-12(14-8-5-11-22-14)18-15(21)9-10-16-19-20-17(23-16)13-6-3-2-4-7-13/h2-4,6-7,12,14H,5,8-11H2,1H3,(H,18,21). The van der Waals surface area contributed by atoms with Crippen LogP contribution < -0.4 is 5.32 Å². The Hall–Kier alpha value is -2.21. The van der Waals surface area contributed by atoms with Crippen LogP contribution in [0.4, 0.5) is 0 Å². The van der Waals surface area contributed by atoms with Crippen LogP contribution in [0.25, 0.3) is 11.5 Å². The smallest absolute Gasteiger partial charge is 0.247 e. The molecule has 0 bridgehead atoms. The van der Waals surface area contributed by atoms with Crippen molar-refractivity contribution in [3.8, 4) is 11.5 Å². The third kappa shape index (κ3) is 4.16. The summed E-state index contributed by atoms with van der Waals surface area (Å²) in [6.07, 6.45) is 2.96. The molecule has 6 heteroatoms. The molecule has 1 amide bonds. The highest BCUT2D eigenvalue weighted by molar-refractivity contribution is 5.76. The summed E-state index contributed by atoms with van der Waals surface area (Å²) in [7, 11) is 0. The minimum Gasteiger partial charge on any atom is -0.421 e. The summed E-state index contributed by atoms with van der Waals surface area (Å²) in [5, 5.41) is 11.0. The van der Waals surface area contributed by atoms with E-state index >= 15 is 0 Å². The van der Waals surface area contributed by atoms with Crippen molar-refractivity contribution in [3.63, 3.8) is 0 Å². The molecule has 23 heavy (non-hydrogen) atoms. The van der Waals surface area contributed by atoms with Crippen molar-refractivity contribution in [1.82, 2.24) is 15.5 Å². The van der Waals surface area contributed by atoms with Gasteiger partial charge in [0.05, 0.1) is 12.1 Å². The molecule has 0 aliphatic carbocycles. The normalized spacial score (nSPS) is 18.7. The van der Waals surface area contributed by atoms with Gasteiger partial charge < -0.3 is 14.5 Å². The van der Waals surface area contributed by atoms with Gasteiger partial charge in [-0.1, -0.05) is 18.2 Å². The summed E-state index contributed by atoms with van der Waals surface area (Å²) < 4.78 is 11.2. The molecule has 122 valence electrons. The molecule has 3 rings (SSSR count). The largest absolute Gasteiger partial charge is 0.421 e. The van der Waals surface area contributed by atoms with Crippen molar-refractivity contribution >= 4 is 5.91 Å². The zero-order chi connectivity index (χ0) is 16.1. The number of nitrogens with one attached hydrogen (secondary N) is 1. The number of amides is 1.